The second-order valence-corrected chi connectivity index (χ2v) is 2.54. The van der Waals surface area contributed by atoms with Gasteiger partial charge in [-0.1, -0.05) is 18.2 Å². The van der Waals surface area contributed by atoms with Gasteiger partial charge < -0.3 is 0 Å². The maximum atomic E-state index is 4.94. The molecule has 0 aromatic heterocycles. The van der Waals surface area contributed by atoms with Crippen molar-refractivity contribution in [3.8, 4) is 11.1 Å². The summed E-state index contributed by atoms with van der Waals surface area (Å²) in [5.74, 6) is 4.94. The highest BCUT2D eigenvalue weighted by molar-refractivity contribution is 5.80. The number of hydrazine groups is 1. The lowest BCUT2D eigenvalue weighted by Crippen LogP contribution is -2.18. The average molecular weight is 136 g/mol. The van der Waals surface area contributed by atoms with Gasteiger partial charge in [0, 0.05) is 14.1 Å². The molecule has 0 atom stereocenters. The molecule has 0 unspecified atom stereocenters. The second kappa shape index (κ2) is 2.82. The van der Waals surface area contributed by atoms with Crippen LogP contribution < -0.4 is 5.84 Å². The zero-order valence-corrected chi connectivity index (χ0v) is 6.33. The van der Waals surface area contributed by atoms with E-state index in [4.69, 9.17) is 5.84 Å². The van der Waals surface area contributed by atoms with Crippen molar-refractivity contribution in [2.24, 2.45) is 5.84 Å². The van der Waals surface area contributed by atoms with Crippen molar-refractivity contribution in [3.05, 3.63) is 24.3 Å². The summed E-state index contributed by atoms with van der Waals surface area (Å²) in [5.41, 5.74) is 2.85. The third kappa shape index (κ3) is 2.17. The predicted octanol–water partition coefficient (Wildman–Crippen LogP) is 1.09. The van der Waals surface area contributed by atoms with Gasteiger partial charge in [-0.2, -0.15) is 0 Å². The summed E-state index contributed by atoms with van der Waals surface area (Å²) in [6.07, 6.45) is 0. The molecule has 0 radical (unpaired) electrons. The minimum absolute atomic E-state index is 1.43. The van der Waals surface area contributed by atoms with Crippen LogP contribution in [0, 0.1) is 0 Å². The zero-order valence-electron chi connectivity index (χ0n) is 6.33. The van der Waals surface area contributed by atoms with E-state index in [0.29, 0.717) is 0 Å². The first-order valence-electron chi connectivity index (χ1n) is 3.22. The minimum atomic E-state index is 1.43. The number of fused-ring (bicyclic) bond motifs is 1. The molecule has 2 rings (SSSR count). The van der Waals surface area contributed by atoms with Crippen LogP contribution in [-0.2, 0) is 0 Å². The van der Waals surface area contributed by atoms with Gasteiger partial charge in [0.05, 0.1) is 0 Å². The van der Waals surface area contributed by atoms with E-state index in [1.54, 1.807) is 14.1 Å². The molecule has 0 aromatic carbocycles. The van der Waals surface area contributed by atoms with Crippen LogP contribution in [0.1, 0.15) is 0 Å². The molecule has 0 amide bonds. The Morgan fingerprint density at radius 1 is 1.20 bits per heavy atom. The summed E-state index contributed by atoms with van der Waals surface area (Å²) in [4.78, 5) is 0. The number of hydrogen-bond donors (Lipinski definition) is 1. The molecule has 0 spiro atoms. The van der Waals surface area contributed by atoms with Crippen LogP contribution in [0.5, 0.6) is 0 Å². The molecule has 0 fully saturated rings. The van der Waals surface area contributed by atoms with E-state index >= 15 is 0 Å². The molecule has 2 aliphatic carbocycles. The topological polar surface area (TPSA) is 29.3 Å². The van der Waals surface area contributed by atoms with Crippen molar-refractivity contribution in [1.29, 1.82) is 0 Å². The van der Waals surface area contributed by atoms with Gasteiger partial charge in [-0.3, -0.25) is 10.9 Å². The molecule has 10 heavy (non-hydrogen) atoms. The molecule has 0 saturated carbocycles. The Bertz CT molecular complexity index is 198. The van der Waals surface area contributed by atoms with Crippen molar-refractivity contribution in [2.45, 2.75) is 0 Å². The summed E-state index contributed by atoms with van der Waals surface area (Å²) in [7, 11) is 3.56. The van der Waals surface area contributed by atoms with Gasteiger partial charge in [-0.15, -0.1) is 0 Å². The van der Waals surface area contributed by atoms with Crippen molar-refractivity contribution >= 4 is 0 Å². The maximum Gasteiger partial charge on any atom is 0.00105 e. The highest BCUT2D eigenvalue weighted by Gasteiger charge is 2.06. The standard InChI is InChI=1S/C6H4.C2H8N2/c1-2-5-4-6(5)3-1;1-4(2)3/h1-4H;3H2,1-2H3. The molecule has 54 valence electrons. The van der Waals surface area contributed by atoms with Gasteiger partial charge in [-0.25, -0.2) is 0 Å². The van der Waals surface area contributed by atoms with E-state index in [0.717, 1.165) is 0 Å². The van der Waals surface area contributed by atoms with Gasteiger partial charge in [0.1, 0.15) is 0 Å². The van der Waals surface area contributed by atoms with Crippen molar-refractivity contribution < 1.29 is 0 Å². The van der Waals surface area contributed by atoms with Gasteiger partial charge in [0.2, 0.25) is 0 Å². The summed E-state index contributed by atoms with van der Waals surface area (Å²) in [6.45, 7) is 0. The molecule has 2 nitrogen and oxygen atoms in total. The van der Waals surface area contributed by atoms with Crippen LogP contribution in [0.3, 0.4) is 0 Å². The lowest BCUT2D eigenvalue weighted by molar-refractivity contribution is 0.432. The molecule has 2 aliphatic rings. The van der Waals surface area contributed by atoms with Crippen molar-refractivity contribution in [3.63, 3.8) is 0 Å². The van der Waals surface area contributed by atoms with Crippen molar-refractivity contribution in [1.82, 2.24) is 5.01 Å². The molecule has 2 N–H and O–H groups in total. The Labute approximate surface area is 61.2 Å². The third-order valence-corrected chi connectivity index (χ3v) is 1.11. The second-order valence-electron chi connectivity index (χ2n) is 2.54. The normalized spacial score (nSPS) is 10.4. The summed E-state index contributed by atoms with van der Waals surface area (Å²) in [6, 6.07) is 8.48. The highest BCUT2D eigenvalue weighted by atomic mass is 15.4. The van der Waals surface area contributed by atoms with Crippen LogP contribution in [0.25, 0.3) is 11.1 Å². The summed E-state index contributed by atoms with van der Waals surface area (Å²) in [5, 5.41) is 1.50. The number of benzene rings is 1. The fourth-order valence-electron chi connectivity index (χ4n) is 0.676. The first kappa shape index (κ1) is 7.25. The lowest BCUT2D eigenvalue weighted by atomic mass is 10.6. The number of nitrogens with two attached hydrogens (primary N) is 1. The fraction of sp³-hybridized carbons (Fsp3) is 0.250. The monoisotopic (exact) mass is 136 g/mol. The minimum Gasteiger partial charge on any atom is -0.269 e. The molecular formula is C8H12N2. The average Bonchev–Trinajstić information content (AvgIpc) is 2.40. The first-order chi connectivity index (χ1) is 4.70. The molecule has 0 saturated heterocycles. The molecule has 0 aliphatic heterocycles. The predicted molar refractivity (Wildman–Crippen MR) is 43.3 cm³/mol. The van der Waals surface area contributed by atoms with Gasteiger partial charge in [-0.05, 0) is 17.2 Å². The van der Waals surface area contributed by atoms with Gasteiger partial charge in [0.25, 0.3) is 0 Å². The smallest absolute Gasteiger partial charge is 0.00105 e. The number of rotatable bonds is 0. The Morgan fingerprint density at radius 3 is 1.70 bits per heavy atom. The van der Waals surface area contributed by atoms with E-state index in [2.05, 4.69) is 24.3 Å². The van der Waals surface area contributed by atoms with Crippen LogP contribution in [0.2, 0.25) is 0 Å². The zero-order chi connectivity index (χ0) is 7.56. The van der Waals surface area contributed by atoms with Crippen LogP contribution in [0.15, 0.2) is 24.3 Å². The number of nitrogens with zero attached hydrogens (tertiary/aromatic N) is 1. The Kier molecular flexibility index (Phi) is 2.04. The van der Waals surface area contributed by atoms with E-state index in [9.17, 15) is 0 Å². The largest absolute Gasteiger partial charge is 0.269 e. The quantitative estimate of drug-likeness (QED) is 0.434. The van der Waals surface area contributed by atoms with Crippen molar-refractivity contribution in [2.75, 3.05) is 14.1 Å². The molecule has 0 heterocycles. The van der Waals surface area contributed by atoms with Crippen LogP contribution >= 0.6 is 0 Å². The molecule has 2 heteroatoms. The Morgan fingerprint density at radius 2 is 1.60 bits per heavy atom. The molecular weight excluding hydrogens is 124 g/mol. The number of hydrogen-bond acceptors (Lipinski definition) is 2. The summed E-state index contributed by atoms with van der Waals surface area (Å²) < 4.78 is 0. The van der Waals surface area contributed by atoms with Gasteiger partial charge >= 0.3 is 0 Å². The van der Waals surface area contributed by atoms with E-state index in [-0.39, 0.29) is 0 Å². The molecule has 0 aromatic rings. The van der Waals surface area contributed by atoms with Gasteiger partial charge in [0.15, 0.2) is 0 Å². The van der Waals surface area contributed by atoms with E-state index < -0.39 is 0 Å². The van der Waals surface area contributed by atoms with Crippen LogP contribution in [-0.4, -0.2) is 19.1 Å². The summed E-state index contributed by atoms with van der Waals surface area (Å²) >= 11 is 0. The Balaban J connectivity index is 0.000000112. The lowest BCUT2D eigenvalue weighted by Gasteiger charge is -1.91. The van der Waals surface area contributed by atoms with E-state index in [1.807, 2.05) is 0 Å². The molecule has 0 bridgehead atoms. The van der Waals surface area contributed by atoms with E-state index in [1.165, 1.54) is 16.1 Å². The van der Waals surface area contributed by atoms with Crippen LogP contribution in [0.4, 0.5) is 0 Å². The SMILES string of the molecule is CN(C)N.c1cc2cc-2c1. The third-order valence-electron chi connectivity index (χ3n) is 1.11. The fourth-order valence-corrected chi connectivity index (χ4v) is 0.676. The highest BCUT2D eigenvalue weighted by Crippen LogP contribution is 2.32. The maximum absolute atomic E-state index is 4.94. The first-order valence-corrected chi connectivity index (χ1v) is 3.22. The Hall–Kier alpha value is -0.860.